The number of aromatic nitrogens is 3. The summed E-state index contributed by atoms with van der Waals surface area (Å²) in [4.78, 5) is 54.9. The second kappa shape index (κ2) is 7.60. The number of rotatable bonds is 7. The Bertz CT molecular complexity index is 853. The highest BCUT2D eigenvalue weighted by Gasteiger charge is 2.23. The number of hydrogen-bond acceptors (Lipinski definition) is 5. The van der Waals surface area contributed by atoms with E-state index in [1.807, 2.05) is 0 Å². The number of amides is 2. The zero-order valence-corrected chi connectivity index (χ0v) is 13.8. The van der Waals surface area contributed by atoms with Crippen LogP contribution in [0, 0.1) is 5.92 Å². The number of imidazole rings is 1. The van der Waals surface area contributed by atoms with Gasteiger partial charge in [0.25, 0.3) is 0 Å². The van der Waals surface area contributed by atoms with Crippen molar-refractivity contribution >= 4 is 34.8 Å². The molecule has 0 saturated heterocycles. The predicted molar refractivity (Wildman–Crippen MR) is 89.0 cm³/mol. The van der Waals surface area contributed by atoms with Crippen LogP contribution < -0.4 is 16.3 Å². The van der Waals surface area contributed by atoms with E-state index in [4.69, 9.17) is 5.11 Å². The second-order valence-electron chi connectivity index (χ2n) is 5.85. The van der Waals surface area contributed by atoms with Gasteiger partial charge in [0.15, 0.2) is 5.65 Å². The van der Waals surface area contributed by atoms with Crippen LogP contribution in [-0.4, -0.2) is 43.9 Å². The summed E-state index contributed by atoms with van der Waals surface area (Å²) in [5.74, 6) is -2.12. The maximum atomic E-state index is 11.9. The Morgan fingerprint density at radius 2 is 1.84 bits per heavy atom. The maximum absolute atomic E-state index is 11.9. The van der Waals surface area contributed by atoms with Crippen LogP contribution in [0.4, 0.5) is 5.82 Å². The molecule has 0 aliphatic heterocycles. The van der Waals surface area contributed by atoms with Gasteiger partial charge in [-0.05, 0) is 18.1 Å². The van der Waals surface area contributed by atoms with Crippen LogP contribution in [-0.2, 0) is 14.4 Å². The fraction of sp³-hybridized carbons (Fsp3) is 0.400. The highest BCUT2D eigenvalue weighted by Crippen LogP contribution is 2.10. The number of nitrogens with one attached hydrogen (secondary N) is 4. The molecule has 2 aromatic rings. The van der Waals surface area contributed by atoms with E-state index in [9.17, 15) is 19.2 Å². The Labute approximate surface area is 142 Å². The van der Waals surface area contributed by atoms with Gasteiger partial charge in [-0.3, -0.25) is 14.6 Å². The average Bonchev–Trinajstić information content (AvgIpc) is 2.89. The number of aromatic amines is 2. The second-order valence-corrected chi connectivity index (χ2v) is 5.85. The van der Waals surface area contributed by atoms with E-state index < -0.39 is 29.5 Å². The van der Waals surface area contributed by atoms with Crippen molar-refractivity contribution in [2.24, 2.45) is 5.92 Å². The third-order valence-electron chi connectivity index (χ3n) is 3.47. The Balaban J connectivity index is 1.87. The molecule has 10 heteroatoms. The SMILES string of the molecule is CC(C)[C@@H](NC(=O)CCC(=O)Nc1ccc2[nH]c(=O)[nH]c2n1)C(=O)O. The molecule has 0 bridgehead atoms. The molecule has 0 aliphatic carbocycles. The van der Waals surface area contributed by atoms with Crippen LogP contribution in [0.25, 0.3) is 11.2 Å². The standard InChI is InChI=1S/C15H19N5O5/c1-7(2)12(14(23)24)19-11(22)6-5-10(21)17-9-4-3-8-13(18-9)20-15(25)16-8/h3-4,7,12H,5-6H2,1-2H3,(H,19,22)(H,23,24)(H3,16,17,18,20,21,25)/t12-/m1/s1. The molecule has 2 rings (SSSR count). The first-order valence-corrected chi connectivity index (χ1v) is 7.67. The molecule has 0 spiro atoms. The lowest BCUT2D eigenvalue weighted by atomic mass is 10.0. The largest absolute Gasteiger partial charge is 0.480 e. The van der Waals surface area contributed by atoms with Crippen LogP contribution in [0.2, 0.25) is 0 Å². The molecule has 1 atom stereocenters. The number of carboxylic acids is 1. The summed E-state index contributed by atoms with van der Waals surface area (Å²) >= 11 is 0. The van der Waals surface area contributed by atoms with E-state index in [1.165, 1.54) is 6.07 Å². The molecule has 2 heterocycles. The fourth-order valence-electron chi connectivity index (χ4n) is 2.18. The summed E-state index contributed by atoms with van der Waals surface area (Å²) in [6, 6.07) is 2.11. The predicted octanol–water partition coefficient (Wildman–Crippen LogP) is 0.195. The molecule has 25 heavy (non-hydrogen) atoms. The third kappa shape index (κ3) is 4.90. The van der Waals surface area contributed by atoms with E-state index in [1.54, 1.807) is 19.9 Å². The van der Waals surface area contributed by atoms with Gasteiger partial charge in [-0.2, -0.15) is 0 Å². The zero-order valence-electron chi connectivity index (χ0n) is 13.8. The minimum Gasteiger partial charge on any atom is -0.480 e. The number of pyridine rings is 1. The lowest BCUT2D eigenvalue weighted by Gasteiger charge is -2.17. The van der Waals surface area contributed by atoms with Gasteiger partial charge in [-0.1, -0.05) is 13.8 Å². The van der Waals surface area contributed by atoms with E-state index in [0.29, 0.717) is 11.2 Å². The first-order chi connectivity index (χ1) is 11.8. The van der Waals surface area contributed by atoms with Crippen molar-refractivity contribution in [1.82, 2.24) is 20.3 Å². The van der Waals surface area contributed by atoms with Crippen LogP contribution in [0.15, 0.2) is 16.9 Å². The van der Waals surface area contributed by atoms with Crippen molar-refractivity contribution in [3.8, 4) is 0 Å². The number of carboxylic acid groups (broad SMARTS) is 1. The van der Waals surface area contributed by atoms with Crippen molar-refractivity contribution in [1.29, 1.82) is 0 Å². The lowest BCUT2D eigenvalue weighted by molar-refractivity contribution is -0.143. The van der Waals surface area contributed by atoms with E-state index >= 15 is 0 Å². The van der Waals surface area contributed by atoms with Crippen molar-refractivity contribution in [3.63, 3.8) is 0 Å². The number of fused-ring (bicyclic) bond motifs is 1. The van der Waals surface area contributed by atoms with Gasteiger partial charge in [0.05, 0.1) is 5.52 Å². The molecule has 0 aromatic carbocycles. The van der Waals surface area contributed by atoms with Gasteiger partial charge in [0.1, 0.15) is 11.9 Å². The molecular weight excluding hydrogens is 330 g/mol. The van der Waals surface area contributed by atoms with Gasteiger partial charge in [0.2, 0.25) is 11.8 Å². The summed E-state index contributed by atoms with van der Waals surface area (Å²) in [6.07, 6.45) is -0.273. The van der Waals surface area contributed by atoms with Gasteiger partial charge in [-0.15, -0.1) is 0 Å². The maximum Gasteiger partial charge on any atom is 0.326 e. The number of H-pyrrole nitrogens is 2. The molecule has 0 radical (unpaired) electrons. The van der Waals surface area contributed by atoms with Gasteiger partial charge in [-0.25, -0.2) is 14.6 Å². The molecule has 0 aliphatic rings. The minimum atomic E-state index is -1.12. The molecule has 0 unspecified atom stereocenters. The fourth-order valence-corrected chi connectivity index (χ4v) is 2.18. The van der Waals surface area contributed by atoms with E-state index in [-0.39, 0.29) is 24.6 Å². The highest BCUT2D eigenvalue weighted by atomic mass is 16.4. The molecule has 2 aromatic heterocycles. The topological polar surface area (TPSA) is 157 Å². The summed E-state index contributed by atoms with van der Waals surface area (Å²) < 4.78 is 0. The van der Waals surface area contributed by atoms with Crippen molar-refractivity contribution in [2.75, 3.05) is 5.32 Å². The van der Waals surface area contributed by atoms with Crippen molar-refractivity contribution < 1.29 is 19.5 Å². The molecule has 5 N–H and O–H groups in total. The number of nitrogens with zero attached hydrogens (tertiary/aromatic N) is 1. The number of anilines is 1. The third-order valence-corrected chi connectivity index (χ3v) is 3.47. The van der Waals surface area contributed by atoms with Crippen molar-refractivity contribution in [2.45, 2.75) is 32.7 Å². The number of carbonyl (C=O) groups is 3. The molecule has 0 fully saturated rings. The first kappa shape index (κ1) is 18.2. The highest BCUT2D eigenvalue weighted by molar-refractivity contribution is 5.93. The Kier molecular flexibility index (Phi) is 5.52. The van der Waals surface area contributed by atoms with E-state index in [0.717, 1.165) is 0 Å². The van der Waals surface area contributed by atoms with Crippen LogP contribution in [0.5, 0.6) is 0 Å². The molecule has 10 nitrogen and oxygen atoms in total. The summed E-state index contributed by atoms with van der Waals surface area (Å²) in [5, 5.41) is 13.9. The molecule has 134 valence electrons. The van der Waals surface area contributed by atoms with Crippen LogP contribution in [0.3, 0.4) is 0 Å². The summed E-state index contributed by atoms with van der Waals surface area (Å²) in [7, 11) is 0. The molecular formula is C15H19N5O5. The Morgan fingerprint density at radius 3 is 2.48 bits per heavy atom. The first-order valence-electron chi connectivity index (χ1n) is 7.67. The minimum absolute atomic E-state index is 0.125. The van der Waals surface area contributed by atoms with Gasteiger partial charge < -0.3 is 20.7 Å². The average molecular weight is 349 g/mol. The normalized spacial score (nSPS) is 12.1. The number of hydrogen-bond donors (Lipinski definition) is 5. The molecule has 2 amide bonds. The lowest BCUT2D eigenvalue weighted by Crippen LogP contribution is -2.44. The molecule has 0 saturated carbocycles. The van der Waals surface area contributed by atoms with Crippen LogP contribution >= 0.6 is 0 Å². The van der Waals surface area contributed by atoms with Crippen molar-refractivity contribution in [3.05, 3.63) is 22.6 Å². The summed E-state index contributed by atoms with van der Waals surface area (Å²) in [5.41, 5.74) is 0.415. The Morgan fingerprint density at radius 1 is 1.16 bits per heavy atom. The number of aliphatic carboxylic acids is 1. The monoisotopic (exact) mass is 349 g/mol. The summed E-state index contributed by atoms with van der Waals surface area (Å²) in [6.45, 7) is 3.36. The van der Waals surface area contributed by atoms with Crippen LogP contribution in [0.1, 0.15) is 26.7 Å². The smallest absolute Gasteiger partial charge is 0.326 e. The van der Waals surface area contributed by atoms with E-state index in [2.05, 4.69) is 25.6 Å². The number of carbonyl (C=O) groups excluding carboxylic acids is 2. The quantitative estimate of drug-likeness (QED) is 0.480. The van der Waals surface area contributed by atoms with Gasteiger partial charge >= 0.3 is 11.7 Å². The zero-order chi connectivity index (χ0) is 18.6. The Hall–Kier alpha value is -3.17. The van der Waals surface area contributed by atoms with Gasteiger partial charge in [0, 0.05) is 12.8 Å².